The topological polar surface area (TPSA) is 88.2 Å². The van der Waals surface area contributed by atoms with Crippen LogP contribution in [0, 0.1) is 5.82 Å². The van der Waals surface area contributed by atoms with Crippen LogP contribution in [-0.4, -0.2) is 32.0 Å². The van der Waals surface area contributed by atoms with Crippen LogP contribution in [0.4, 0.5) is 23.2 Å². The van der Waals surface area contributed by atoms with E-state index in [9.17, 15) is 30.8 Å². The summed E-state index contributed by atoms with van der Waals surface area (Å²) in [7, 11) is -4.34. The van der Waals surface area contributed by atoms with E-state index in [0.29, 0.717) is 10.6 Å². The number of hydrogen-bond donors (Lipinski definition) is 2. The molecule has 0 saturated heterocycles. The summed E-state index contributed by atoms with van der Waals surface area (Å²) in [5.41, 5.74) is 0.968. The number of nitrogens with zero attached hydrogens (tertiary/aromatic N) is 1. The number of hydrogen-bond acceptors (Lipinski definition) is 5. The van der Waals surface area contributed by atoms with E-state index in [2.05, 4.69) is 10.3 Å². The molecule has 6 nitrogen and oxygen atoms in total. The first-order valence-electron chi connectivity index (χ1n) is 8.23. The first-order valence-corrected chi connectivity index (χ1v) is 10.6. The van der Waals surface area contributed by atoms with Crippen molar-refractivity contribution in [2.75, 3.05) is 11.9 Å². The number of anilines is 1. The van der Waals surface area contributed by atoms with Crippen molar-refractivity contribution in [3.8, 4) is 10.6 Å². The number of alkyl halides is 3. The zero-order chi connectivity index (χ0) is 21.9. The number of thiazole rings is 1. The third-order valence-electron chi connectivity index (χ3n) is 3.71. The van der Waals surface area contributed by atoms with E-state index in [1.54, 1.807) is 0 Å². The number of carbonyl (C=O) groups excluding carboxylic acids is 1. The highest BCUT2D eigenvalue weighted by Gasteiger charge is 2.30. The first-order chi connectivity index (χ1) is 14.0. The van der Waals surface area contributed by atoms with E-state index in [4.69, 9.17) is 0 Å². The SMILES string of the molecule is O=C(Nc1ccc(S(=O)(=O)NCC(F)(F)F)cc1)c1csc(-c2ccc(F)cc2)n1. The molecule has 1 heterocycles. The molecule has 3 rings (SSSR count). The molecular formula is C18H13F4N3O3S2. The van der Waals surface area contributed by atoms with Crippen LogP contribution in [0.15, 0.2) is 58.8 Å². The van der Waals surface area contributed by atoms with Crippen molar-refractivity contribution in [1.29, 1.82) is 0 Å². The zero-order valence-corrected chi connectivity index (χ0v) is 16.5. The Morgan fingerprint density at radius 2 is 1.67 bits per heavy atom. The minimum absolute atomic E-state index is 0.0999. The summed E-state index contributed by atoms with van der Waals surface area (Å²) in [5.74, 6) is -0.960. The average molecular weight is 459 g/mol. The fraction of sp³-hybridized carbons (Fsp3) is 0.111. The van der Waals surface area contributed by atoms with Gasteiger partial charge in [0, 0.05) is 16.6 Å². The summed E-state index contributed by atoms with van der Waals surface area (Å²) in [6, 6.07) is 10.2. The second-order valence-corrected chi connectivity index (χ2v) is 8.59. The van der Waals surface area contributed by atoms with E-state index < -0.39 is 34.5 Å². The maximum atomic E-state index is 13.0. The molecule has 1 aromatic heterocycles. The van der Waals surface area contributed by atoms with E-state index >= 15 is 0 Å². The van der Waals surface area contributed by atoms with Gasteiger partial charge in [-0.1, -0.05) is 0 Å². The number of carbonyl (C=O) groups is 1. The standard InChI is InChI=1S/C18H13F4N3O3S2/c19-12-3-1-11(2-4-12)17-25-15(9-29-17)16(26)24-13-5-7-14(8-6-13)30(27,28)23-10-18(20,21)22/h1-9,23H,10H2,(H,24,26). The predicted molar refractivity (Wildman–Crippen MR) is 103 cm³/mol. The number of nitrogens with one attached hydrogen (secondary N) is 2. The predicted octanol–water partition coefficient (Wildman–Crippen LogP) is 4.04. The van der Waals surface area contributed by atoms with Crippen molar-refractivity contribution in [1.82, 2.24) is 9.71 Å². The third-order valence-corrected chi connectivity index (χ3v) is 6.02. The van der Waals surface area contributed by atoms with Crippen molar-refractivity contribution >= 4 is 33.0 Å². The fourth-order valence-corrected chi connectivity index (χ4v) is 4.10. The van der Waals surface area contributed by atoms with E-state index in [1.165, 1.54) is 57.8 Å². The molecule has 0 unspecified atom stereocenters. The van der Waals surface area contributed by atoms with Gasteiger partial charge in [-0.05, 0) is 48.5 Å². The molecule has 0 aliphatic heterocycles. The third kappa shape index (κ3) is 5.62. The summed E-state index contributed by atoms with van der Waals surface area (Å²) in [5, 5.41) is 4.54. The van der Waals surface area contributed by atoms with Gasteiger partial charge in [-0.15, -0.1) is 11.3 Å². The summed E-state index contributed by atoms with van der Waals surface area (Å²) in [4.78, 5) is 16.1. The smallest absolute Gasteiger partial charge is 0.321 e. The fourth-order valence-electron chi connectivity index (χ4n) is 2.28. The van der Waals surface area contributed by atoms with Crippen LogP contribution in [-0.2, 0) is 10.0 Å². The molecule has 0 atom stereocenters. The van der Waals surface area contributed by atoms with Crippen LogP contribution in [0.3, 0.4) is 0 Å². The summed E-state index contributed by atoms with van der Waals surface area (Å²) in [6.45, 7) is -1.69. The summed E-state index contributed by atoms with van der Waals surface area (Å²) in [6.07, 6.45) is -4.68. The van der Waals surface area contributed by atoms with Crippen LogP contribution in [0.1, 0.15) is 10.5 Å². The quantitative estimate of drug-likeness (QED) is 0.545. The number of halogens is 4. The Hall–Kier alpha value is -2.83. The van der Waals surface area contributed by atoms with Gasteiger partial charge in [0.25, 0.3) is 5.91 Å². The Morgan fingerprint density at radius 1 is 1.03 bits per heavy atom. The molecule has 30 heavy (non-hydrogen) atoms. The maximum absolute atomic E-state index is 13.0. The molecule has 2 aromatic carbocycles. The van der Waals surface area contributed by atoms with Gasteiger partial charge in [-0.3, -0.25) is 4.79 Å². The molecular weight excluding hydrogens is 446 g/mol. The highest BCUT2D eigenvalue weighted by Crippen LogP contribution is 2.24. The Bertz CT molecular complexity index is 1140. The lowest BCUT2D eigenvalue weighted by atomic mass is 10.2. The molecule has 158 valence electrons. The molecule has 0 saturated carbocycles. The highest BCUT2D eigenvalue weighted by molar-refractivity contribution is 7.89. The molecule has 2 N–H and O–H groups in total. The first kappa shape index (κ1) is 21.9. The molecule has 0 aliphatic carbocycles. The lowest BCUT2D eigenvalue weighted by Crippen LogP contribution is -2.33. The lowest BCUT2D eigenvalue weighted by Gasteiger charge is -2.10. The molecule has 12 heteroatoms. The van der Waals surface area contributed by atoms with Gasteiger partial charge in [0.1, 0.15) is 23.1 Å². The number of amides is 1. The van der Waals surface area contributed by atoms with Gasteiger partial charge >= 0.3 is 6.18 Å². The second kappa shape index (κ2) is 8.50. The second-order valence-electron chi connectivity index (χ2n) is 5.96. The number of aromatic nitrogens is 1. The zero-order valence-electron chi connectivity index (χ0n) is 14.9. The monoisotopic (exact) mass is 459 g/mol. The maximum Gasteiger partial charge on any atom is 0.402 e. The van der Waals surface area contributed by atoms with Gasteiger partial charge in [-0.25, -0.2) is 22.5 Å². The Morgan fingerprint density at radius 3 is 2.27 bits per heavy atom. The molecule has 0 bridgehead atoms. The van der Waals surface area contributed by atoms with Gasteiger partial charge in [0.15, 0.2) is 0 Å². The number of benzene rings is 2. The molecule has 0 radical (unpaired) electrons. The van der Waals surface area contributed by atoms with Crippen molar-refractivity contribution in [2.45, 2.75) is 11.1 Å². The minimum atomic E-state index is -4.68. The van der Waals surface area contributed by atoms with E-state index in [0.717, 1.165) is 12.1 Å². The molecule has 0 spiro atoms. The van der Waals surface area contributed by atoms with Crippen LogP contribution < -0.4 is 10.0 Å². The van der Waals surface area contributed by atoms with Crippen LogP contribution in [0.5, 0.6) is 0 Å². The normalized spacial score (nSPS) is 12.0. The Balaban J connectivity index is 1.67. The van der Waals surface area contributed by atoms with Crippen LogP contribution in [0.25, 0.3) is 10.6 Å². The number of sulfonamides is 1. The van der Waals surface area contributed by atoms with Gasteiger partial charge < -0.3 is 5.32 Å². The van der Waals surface area contributed by atoms with E-state index in [-0.39, 0.29) is 16.3 Å². The molecule has 0 aliphatic rings. The summed E-state index contributed by atoms with van der Waals surface area (Å²) >= 11 is 1.19. The largest absolute Gasteiger partial charge is 0.402 e. The van der Waals surface area contributed by atoms with Gasteiger partial charge in [0.2, 0.25) is 10.0 Å². The Labute approximate surface area is 172 Å². The lowest BCUT2D eigenvalue weighted by molar-refractivity contribution is -0.121. The summed E-state index contributed by atoms with van der Waals surface area (Å²) < 4.78 is 74.8. The van der Waals surface area contributed by atoms with Crippen molar-refractivity contribution in [3.63, 3.8) is 0 Å². The van der Waals surface area contributed by atoms with E-state index in [1.807, 2.05) is 0 Å². The van der Waals surface area contributed by atoms with Gasteiger partial charge in [-0.2, -0.15) is 13.2 Å². The van der Waals surface area contributed by atoms with Gasteiger partial charge in [0.05, 0.1) is 4.90 Å². The minimum Gasteiger partial charge on any atom is -0.321 e. The highest BCUT2D eigenvalue weighted by atomic mass is 32.2. The van der Waals surface area contributed by atoms with Crippen LogP contribution in [0.2, 0.25) is 0 Å². The van der Waals surface area contributed by atoms with Crippen LogP contribution >= 0.6 is 11.3 Å². The number of rotatable bonds is 6. The molecule has 1 amide bonds. The average Bonchev–Trinajstić information content (AvgIpc) is 3.17. The molecule has 3 aromatic rings. The van der Waals surface area contributed by atoms with Crippen molar-refractivity contribution in [2.24, 2.45) is 0 Å². The van der Waals surface area contributed by atoms with Crippen molar-refractivity contribution < 1.29 is 30.8 Å². The van der Waals surface area contributed by atoms with Crippen molar-refractivity contribution in [3.05, 3.63) is 65.4 Å². The Kier molecular flexibility index (Phi) is 6.19. The molecule has 0 fully saturated rings.